The maximum absolute atomic E-state index is 2.43. The molecule has 0 aliphatic rings. The molecule has 0 aliphatic carbocycles. The van der Waals surface area contributed by atoms with Gasteiger partial charge in [0.25, 0.3) is 0 Å². The maximum Gasteiger partial charge on any atom is -0.0380 e. The molecule has 0 spiro atoms. The summed E-state index contributed by atoms with van der Waals surface area (Å²) >= 11 is 0. The molecule has 0 heteroatoms. The molecule has 0 rings (SSSR count). The minimum Gasteiger partial charge on any atom is -0.0625 e. The van der Waals surface area contributed by atoms with Gasteiger partial charge in [0.15, 0.2) is 0 Å². The van der Waals surface area contributed by atoms with Crippen molar-refractivity contribution in [3.63, 3.8) is 0 Å². The highest BCUT2D eigenvalue weighted by Gasteiger charge is 2.17. The lowest BCUT2D eigenvalue weighted by atomic mass is 9.81. The van der Waals surface area contributed by atoms with Gasteiger partial charge in [0.1, 0.15) is 0 Å². The average Bonchev–Trinajstić information content (AvgIpc) is 2.07. The zero-order chi connectivity index (χ0) is 13.7. The third kappa shape index (κ3) is 12.2. The zero-order valence-electron chi connectivity index (χ0n) is 13.7. The van der Waals surface area contributed by atoms with Gasteiger partial charge in [-0.1, -0.05) is 74.7 Å². The number of hydrogen-bond acceptors (Lipinski definition) is 0. The van der Waals surface area contributed by atoms with E-state index in [0.717, 1.165) is 11.8 Å². The van der Waals surface area contributed by atoms with E-state index in [-0.39, 0.29) is 0 Å². The molecule has 2 atom stereocenters. The molecular weight excluding hydrogens is 204 g/mol. The molecule has 0 radical (unpaired) electrons. The highest BCUT2D eigenvalue weighted by atomic mass is 14.2. The molecule has 0 aromatic heterocycles. The molecule has 0 fully saturated rings. The molecule has 104 valence electrons. The molecule has 0 bridgehead atoms. The van der Waals surface area contributed by atoms with E-state index in [9.17, 15) is 0 Å². The van der Waals surface area contributed by atoms with E-state index in [1.165, 1.54) is 32.1 Å². The molecule has 0 aromatic carbocycles. The van der Waals surface area contributed by atoms with E-state index < -0.39 is 0 Å². The first-order chi connectivity index (χ1) is 7.49. The lowest BCUT2D eigenvalue weighted by Crippen LogP contribution is -2.12. The summed E-state index contributed by atoms with van der Waals surface area (Å²) in [6.07, 6.45) is 6.93. The van der Waals surface area contributed by atoms with Crippen LogP contribution in [0.4, 0.5) is 0 Å². The Morgan fingerprint density at radius 1 is 0.647 bits per heavy atom. The van der Waals surface area contributed by atoms with Crippen molar-refractivity contribution in [2.75, 3.05) is 0 Å². The molecule has 0 nitrogen and oxygen atoms in total. The first-order valence-corrected chi connectivity index (χ1v) is 7.49. The molecule has 2 unspecified atom stereocenters. The van der Waals surface area contributed by atoms with Crippen molar-refractivity contribution in [2.45, 2.75) is 87.5 Å². The van der Waals surface area contributed by atoms with Gasteiger partial charge in [-0.2, -0.15) is 0 Å². The minimum absolute atomic E-state index is 0.494. The van der Waals surface area contributed by atoms with E-state index >= 15 is 0 Å². The van der Waals surface area contributed by atoms with Crippen LogP contribution in [-0.4, -0.2) is 0 Å². The Labute approximate surface area is 111 Å². The second-order valence-corrected chi connectivity index (χ2v) is 8.65. The van der Waals surface area contributed by atoms with Crippen molar-refractivity contribution in [3.8, 4) is 0 Å². The summed E-state index contributed by atoms with van der Waals surface area (Å²) in [5.74, 6) is 1.78. The van der Waals surface area contributed by atoms with Crippen molar-refractivity contribution in [1.82, 2.24) is 0 Å². The summed E-state index contributed by atoms with van der Waals surface area (Å²) in [6, 6.07) is 0. The molecule has 0 saturated heterocycles. The zero-order valence-corrected chi connectivity index (χ0v) is 13.7. The van der Waals surface area contributed by atoms with Crippen LogP contribution >= 0.6 is 0 Å². The standard InChI is InChI=1S/C17H36/c1-14(11-12-16(3,4)5)9-10-15(2)13-17(6,7)8/h14-15H,9-13H2,1-8H3. The average molecular weight is 240 g/mol. The third-order valence-electron chi connectivity index (χ3n) is 3.50. The Kier molecular flexibility index (Phi) is 6.81. The normalized spacial score (nSPS) is 16.9. The molecule has 0 amide bonds. The van der Waals surface area contributed by atoms with E-state index in [1.807, 2.05) is 0 Å². The molecule has 17 heavy (non-hydrogen) atoms. The van der Waals surface area contributed by atoms with Gasteiger partial charge in [0.05, 0.1) is 0 Å². The Morgan fingerprint density at radius 3 is 1.53 bits per heavy atom. The summed E-state index contributed by atoms with van der Waals surface area (Å²) in [6.45, 7) is 19.0. The molecule has 0 aliphatic heterocycles. The summed E-state index contributed by atoms with van der Waals surface area (Å²) in [5.41, 5.74) is 0.999. The first-order valence-electron chi connectivity index (χ1n) is 7.49. The van der Waals surface area contributed by atoms with Crippen LogP contribution in [0, 0.1) is 22.7 Å². The van der Waals surface area contributed by atoms with Crippen LogP contribution in [-0.2, 0) is 0 Å². The summed E-state index contributed by atoms with van der Waals surface area (Å²) in [7, 11) is 0. The quantitative estimate of drug-likeness (QED) is 0.511. The van der Waals surface area contributed by atoms with Crippen molar-refractivity contribution in [3.05, 3.63) is 0 Å². The van der Waals surface area contributed by atoms with Gasteiger partial charge in [-0.25, -0.2) is 0 Å². The van der Waals surface area contributed by atoms with Crippen molar-refractivity contribution in [1.29, 1.82) is 0 Å². The van der Waals surface area contributed by atoms with Crippen LogP contribution in [0.1, 0.15) is 87.5 Å². The molecule has 0 aromatic rings. The maximum atomic E-state index is 2.43. The Bertz CT molecular complexity index is 189. The molecule has 0 saturated carbocycles. The van der Waals surface area contributed by atoms with Gasteiger partial charge in [-0.15, -0.1) is 0 Å². The predicted molar refractivity (Wildman–Crippen MR) is 80.3 cm³/mol. The van der Waals surface area contributed by atoms with E-state index in [1.54, 1.807) is 0 Å². The van der Waals surface area contributed by atoms with Crippen LogP contribution in [0.5, 0.6) is 0 Å². The van der Waals surface area contributed by atoms with E-state index in [0.29, 0.717) is 10.8 Å². The van der Waals surface area contributed by atoms with Crippen molar-refractivity contribution in [2.24, 2.45) is 22.7 Å². The highest BCUT2D eigenvalue weighted by molar-refractivity contribution is 4.69. The molecular formula is C17H36. The smallest absolute Gasteiger partial charge is 0.0380 e. The Morgan fingerprint density at radius 2 is 1.12 bits per heavy atom. The van der Waals surface area contributed by atoms with Crippen LogP contribution < -0.4 is 0 Å². The SMILES string of the molecule is CC(CCC(C)CC(C)(C)C)CCC(C)(C)C. The van der Waals surface area contributed by atoms with Crippen molar-refractivity contribution < 1.29 is 0 Å². The topological polar surface area (TPSA) is 0 Å². The van der Waals surface area contributed by atoms with Crippen LogP contribution in [0.25, 0.3) is 0 Å². The fraction of sp³-hybridized carbons (Fsp3) is 1.00. The second kappa shape index (κ2) is 6.81. The molecule has 0 N–H and O–H groups in total. The minimum atomic E-state index is 0.494. The largest absolute Gasteiger partial charge is 0.0625 e. The summed E-state index contributed by atoms with van der Waals surface area (Å²) in [4.78, 5) is 0. The van der Waals surface area contributed by atoms with E-state index in [4.69, 9.17) is 0 Å². The fourth-order valence-electron chi connectivity index (χ4n) is 2.54. The van der Waals surface area contributed by atoms with Gasteiger partial charge in [0, 0.05) is 0 Å². The summed E-state index contributed by atoms with van der Waals surface area (Å²) < 4.78 is 0. The van der Waals surface area contributed by atoms with Gasteiger partial charge in [0.2, 0.25) is 0 Å². The van der Waals surface area contributed by atoms with Gasteiger partial charge >= 0.3 is 0 Å². The fourth-order valence-corrected chi connectivity index (χ4v) is 2.54. The highest BCUT2D eigenvalue weighted by Crippen LogP contribution is 2.30. The van der Waals surface area contributed by atoms with Crippen LogP contribution in [0.3, 0.4) is 0 Å². The Balaban J connectivity index is 3.73. The monoisotopic (exact) mass is 240 g/mol. The number of rotatable bonds is 6. The predicted octanol–water partition coefficient (Wildman–Crippen LogP) is 6.30. The summed E-state index contributed by atoms with van der Waals surface area (Å²) in [5, 5.41) is 0. The van der Waals surface area contributed by atoms with Gasteiger partial charge in [-0.3, -0.25) is 0 Å². The Hall–Kier alpha value is 0. The van der Waals surface area contributed by atoms with Crippen molar-refractivity contribution >= 4 is 0 Å². The van der Waals surface area contributed by atoms with E-state index in [2.05, 4.69) is 55.4 Å². The van der Waals surface area contributed by atoms with Gasteiger partial charge in [-0.05, 0) is 35.5 Å². The lowest BCUT2D eigenvalue weighted by Gasteiger charge is -2.25. The first kappa shape index (κ1) is 17.0. The van der Waals surface area contributed by atoms with Crippen LogP contribution in [0.2, 0.25) is 0 Å². The molecule has 0 heterocycles. The number of hydrogen-bond donors (Lipinski definition) is 0. The third-order valence-corrected chi connectivity index (χ3v) is 3.50. The lowest BCUT2D eigenvalue weighted by molar-refractivity contribution is 0.270. The second-order valence-electron chi connectivity index (χ2n) is 8.65. The van der Waals surface area contributed by atoms with Gasteiger partial charge < -0.3 is 0 Å². The van der Waals surface area contributed by atoms with Crippen LogP contribution in [0.15, 0.2) is 0 Å².